The van der Waals surface area contributed by atoms with Gasteiger partial charge in [-0.3, -0.25) is 0 Å². The Labute approximate surface area is 101 Å². The van der Waals surface area contributed by atoms with E-state index in [1.165, 1.54) is 6.07 Å². The molecule has 1 aromatic heterocycles. The second-order valence-electron chi connectivity index (χ2n) is 3.52. The van der Waals surface area contributed by atoms with E-state index in [9.17, 15) is 9.18 Å². The van der Waals surface area contributed by atoms with Crippen LogP contribution in [0.15, 0.2) is 18.2 Å². The molecule has 0 atom stereocenters. The zero-order valence-electron chi connectivity index (χ0n) is 8.90. The minimum atomic E-state index is -1.21. The lowest BCUT2D eigenvalue weighted by molar-refractivity contribution is 0.0692. The van der Waals surface area contributed by atoms with Crippen molar-refractivity contribution < 1.29 is 14.3 Å². The molecule has 6 heteroatoms. The quantitative estimate of drug-likeness (QED) is 0.861. The number of anilines is 1. The van der Waals surface area contributed by atoms with Gasteiger partial charge in [0.25, 0.3) is 0 Å². The molecule has 0 aliphatic carbocycles. The number of benzene rings is 1. The Morgan fingerprint density at radius 1 is 1.53 bits per heavy atom. The van der Waals surface area contributed by atoms with E-state index in [1.807, 2.05) is 6.92 Å². The Morgan fingerprint density at radius 2 is 2.24 bits per heavy atom. The van der Waals surface area contributed by atoms with Gasteiger partial charge in [-0.2, -0.15) is 0 Å². The summed E-state index contributed by atoms with van der Waals surface area (Å²) in [4.78, 5) is 14.6. The lowest BCUT2D eigenvalue weighted by Gasteiger charge is -1.99. The van der Waals surface area contributed by atoms with Gasteiger partial charge in [-0.15, -0.1) is 0 Å². The third-order valence-corrected chi connectivity index (χ3v) is 3.13. The summed E-state index contributed by atoms with van der Waals surface area (Å²) in [5.41, 5.74) is 6.43. The van der Waals surface area contributed by atoms with Gasteiger partial charge in [0.05, 0.1) is 0 Å². The van der Waals surface area contributed by atoms with Gasteiger partial charge in [0.2, 0.25) is 0 Å². The molecule has 0 saturated carbocycles. The number of halogens is 1. The topological polar surface area (TPSA) is 76.2 Å². The van der Waals surface area contributed by atoms with Gasteiger partial charge < -0.3 is 10.8 Å². The fourth-order valence-electron chi connectivity index (χ4n) is 1.40. The maximum atomic E-state index is 13.6. The second kappa shape index (κ2) is 4.14. The maximum absolute atomic E-state index is 13.6. The van der Waals surface area contributed by atoms with Crippen LogP contribution in [0, 0.1) is 12.7 Å². The molecule has 0 unspecified atom stereocenters. The lowest BCUT2D eigenvalue weighted by Crippen LogP contribution is -2.00. The third-order valence-electron chi connectivity index (χ3n) is 2.21. The zero-order valence-corrected chi connectivity index (χ0v) is 9.71. The molecule has 2 rings (SSSR count). The van der Waals surface area contributed by atoms with Crippen molar-refractivity contribution in [3.63, 3.8) is 0 Å². The number of nitrogens with two attached hydrogens (primary N) is 1. The number of carboxylic acids is 1. The number of nitrogens with zero attached hydrogens (tertiary/aromatic N) is 1. The predicted octanol–water partition coefficient (Wildman–Crippen LogP) is 2.54. The number of rotatable bonds is 2. The van der Waals surface area contributed by atoms with Crippen molar-refractivity contribution in [3.8, 4) is 10.6 Å². The largest absolute Gasteiger partial charge is 0.476 e. The predicted molar refractivity (Wildman–Crippen MR) is 63.6 cm³/mol. The number of thiazole rings is 1. The van der Waals surface area contributed by atoms with Crippen molar-refractivity contribution in [2.75, 3.05) is 5.73 Å². The summed E-state index contributed by atoms with van der Waals surface area (Å²) in [5.74, 6) is -1.65. The Hall–Kier alpha value is -1.95. The van der Waals surface area contributed by atoms with Crippen molar-refractivity contribution >= 4 is 22.3 Å². The lowest BCUT2D eigenvalue weighted by atomic mass is 10.1. The van der Waals surface area contributed by atoms with Crippen molar-refractivity contribution in [1.82, 2.24) is 4.98 Å². The van der Waals surface area contributed by atoms with Gasteiger partial charge in [-0.05, 0) is 19.1 Å². The fraction of sp³-hybridized carbons (Fsp3) is 0.0909. The van der Waals surface area contributed by atoms with Crippen molar-refractivity contribution in [3.05, 3.63) is 35.3 Å². The molecule has 0 amide bonds. The van der Waals surface area contributed by atoms with E-state index in [0.717, 1.165) is 16.9 Å². The molecule has 0 aliphatic heterocycles. The second-order valence-corrected chi connectivity index (χ2v) is 4.55. The van der Waals surface area contributed by atoms with Crippen LogP contribution in [0.1, 0.15) is 16.1 Å². The summed E-state index contributed by atoms with van der Waals surface area (Å²) in [6.45, 7) is 1.82. The molecule has 0 aliphatic rings. The first-order valence-corrected chi connectivity index (χ1v) is 5.57. The van der Waals surface area contributed by atoms with Gasteiger partial charge in [-0.1, -0.05) is 23.0 Å². The van der Waals surface area contributed by atoms with Crippen LogP contribution in [0.5, 0.6) is 0 Å². The number of aromatic nitrogens is 1. The molecule has 2 aromatic rings. The average molecular weight is 252 g/mol. The average Bonchev–Trinajstić information content (AvgIpc) is 2.64. The molecule has 1 heterocycles. The minimum absolute atomic E-state index is 0.0772. The summed E-state index contributed by atoms with van der Waals surface area (Å²) in [6, 6.07) is 4.57. The first-order valence-electron chi connectivity index (χ1n) is 4.75. The number of carboxylic acid groups (broad SMARTS) is 1. The molecule has 3 N–H and O–H groups in total. The number of aryl methyl sites for hydroxylation is 1. The molecule has 0 saturated heterocycles. The van der Waals surface area contributed by atoms with Crippen molar-refractivity contribution in [2.45, 2.75) is 6.92 Å². The first kappa shape index (κ1) is 11.5. The van der Waals surface area contributed by atoms with E-state index in [2.05, 4.69) is 4.98 Å². The molecule has 4 nitrogen and oxygen atoms in total. The highest BCUT2D eigenvalue weighted by atomic mass is 32.1. The van der Waals surface area contributed by atoms with Crippen LogP contribution < -0.4 is 5.73 Å². The van der Waals surface area contributed by atoms with Gasteiger partial charge in [0, 0.05) is 5.56 Å². The summed E-state index contributed by atoms with van der Waals surface area (Å²) < 4.78 is 13.6. The molecule has 0 fully saturated rings. The molecule has 0 radical (unpaired) electrons. The summed E-state index contributed by atoms with van der Waals surface area (Å²) >= 11 is 0.964. The van der Waals surface area contributed by atoms with Gasteiger partial charge >= 0.3 is 5.97 Å². The van der Waals surface area contributed by atoms with E-state index in [0.29, 0.717) is 0 Å². The molecule has 0 spiro atoms. The molecule has 1 aromatic carbocycles. The van der Waals surface area contributed by atoms with Gasteiger partial charge in [-0.25, -0.2) is 14.2 Å². The maximum Gasteiger partial charge on any atom is 0.357 e. The number of carbonyl (C=O) groups is 1. The van der Waals surface area contributed by atoms with E-state index in [4.69, 9.17) is 10.8 Å². The highest BCUT2D eigenvalue weighted by molar-refractivity contribution is 7.19. The number of hydrogen-bond acceptors (Lipinski definition) is 4. The molecular weight excluding hydrogens is 243 g/mol. The Balaban J connectivity index is 2.57. The third kappa shape index (κ3) is 2.12. The molecule has 0 bridgehead atoms. The summed E-state index contributed by atoms with van der Waals surface area (Å²) in [6.07, 6.45) is 0. The van der Waals surface area contributed by atoms with Gasteiger partial charge in [0.15, 0.2) is 5.69 Å². The van der Waals surface area contributed by atoms with Crippen LogP contribution in [0.25, 0.3) is 10.6 Å². The van der Waals surface area contributed by atoms with Crippen LogP contribution in [-0.4, -0.2) is 16.1 Å². The normalized spacial score (nSPS) is 10.5. The standard InChI is InChI=1S/C11H9FN2O2S/c1-5-2-3-7(12)6(4-5)10-14-8(11(15)16)9(13)17-10/h2-4H,13H2,1H3,(H,15,16). The SMILES string of the molecule is Cc1ccc(F)c(-c2nc(C(=O)O)c(N)s2)c1. The Morgan fingerprint density at radius 3 is 2.82 bits per heavy atom. The first-order chi connectivity index (χ1) is 7.99. The van der Waals surface area contributed by atoms with Crippen LogP contribution in [0.4, 0.5) is 9.39 Å². The summed E-state index contributed by atoms with van der Waals surface area (Å²) in [5, 5.41) is 9.18. The van der Waals surface area contributed by atoms with E-state index in [-0.39, 0.29) is 21.3 Å². The van der Waals surface area contributed by atoms with E-state index >= 15 is 0 Å². The number of nitrogen functional groups attached to an aromatic ring is 1. The minimum Gasteiger partial charge on any atom is -0.476 e. The van der Waals surface area contributed by atoms with Crippen LogP contribution >= 0.6 is 11.3 Å². The monoisotopic (exact) mass is 252 g/mol. The smallest absolute Gasteiger partial charge is 0.357 e. The molecular formula is C11H9FN2O2S. The number of aromatic carboxylic acids is 1. The van der Waals surface area contributed by atoms with Crippen LogP contribution in [0.2, 0.25) is 0 Å². The van der Waals surface area contributed by atoms with Crippen LogP contribution in [-0.2, 0) is 0 Å². The molecule has 88 valence electrons. The fourth-order valence-corrected chi connectivity index (χ4v) is 2.24. The van der Waals surface area contributed by atoms with Crippen molar-refractivity contribution in [2.24, 2.45) is 0 Å². The summed E-state index contributed by atoms with van der Waals surface area (Å²) in [7, 11) is 0. The highest BCUT2D eigenvalue weighted by Crippen LogP contribution is 2.32. The van der Waals surface area contributed by atoms with Gasteiger partial charge in [0.1, 0.15) is 15.8 Å². The number of hydrogen-bond donors (Lipinski definition) is 2. The van der Waals surface area contributed by atoms with E-state index < -0.39 is 11.8 Å². The van der Waals surface area contributed by atoms with Crippen molar-refractivity contribution in [1.29, 1.82) is 0 Å². The Bertz CT molecular complexity index is 595. The highest BCUT2D eigenvalue weighted by Gasteiger charge is 2.17. The van der Waals surface area contributed by atoms with Crippen LogP contribution in [0.3, 0.4) is 0 Å². The zero-order chi connectivity index (χ0) is 12.6. The molecule has 17 heavy (non-hydrogen) atoms. The van der Waals surface area contributed by atoms with E-state index in [1.54, 1.807) is 12.1 Å². The Kier molecular flexibility index (Phi) is 2.81.